The number of nitrogen functional groups attached to an aromatic ring is 1. The molecule has 0 saturated heterocycles. The number of nitrogens with two attached hydrogens (primary N) is 1. The third-order valence-corrected chi connectivity index (χ3v) is 3.87. The van der Waals surface area contributed by atoms with Gasteiger partial charge in [0.25, 0.3) is 0 Å². The molecule has 1 aromatic carbocycles. The minimum absolute atomic E-state index is 0.0417. The second kappa shape index (κ2) is 2.93. The lowest BCUT2D eigenvalue weighted by Gasteiger charge is -1.98. The number of fused-ring (bicyclic) bond motifs is 3. The van der Waals surface area contributed by atoms with Crippen molar-refractivity contribution in [3.8, 4) is 11.1 Å². The normalized spacial score (nSPS) is 12.7. The molecule has 2 N–H and O–H groups in total. The van der Waals surface area contributed by atoms with Crippen LogP contribution in [0.3, 0.4) is 0 Å². The van der Waals surface area contributed by atoms with Crippen molar-refractivity contribution in [2.24, 2.45) is 0 Å². The van der Waals surface area contributed by atoms with Crippen LogP contribution < -0.4 is 5.73 Å². The predicted molar refractivity (Wildman–Crippen MR) is 65.3 cm³/mol. The van der Waals surface area contributed by atoms with Gasteiger partial charge in [-0.2, -0.15) is 0 Å². The lowest BCUT2D eigenvalue weighted by molar-refractivity contribution is 0.104. The summed E-state index contributed by atoms with van der Waals surface area (Å²) in [6.45, 7) is 0. The summed E-state index contributed by atoms with van der Waals surface area (Å²) in [7, 11) is 0. The number of thiophene rings is 1. The number of rotatable bonds is 0. The molecule has 0 fully saturated rings. The first-order chi connectivity index (χ1) is 7.18. The Balaban J connectivity index is 2.38. The molecule has 0 amide bonds. The molecule has 1 aromatic heterocycles. The summed E-state index contributed by atoms with van der Waals surface area (Å²) >= 11 is 4.79. The monoisotopic (exact) mass is 279 g/mol. The molecule has 74 valence electrons. The smallest absolute Gasteiger partial charge is 0.197 e. The van der Waals surface area contributed by atoms with Crippen LogP contribution in [0.25, 0.3) is 11.1 Å². The Hall–Kier alpha value is -1.13. The molecule has 1 aliphatic rings. The van der Waals surface area contributed by atoms with Gasteiger partial charge in [-0.15, -0.1) is 11.3 Å². The molecule has 0 radical (unpaired) electrons. The van der Waals surface area contributed by atoms with Crippen LogP contribution in [0.2, 0.25) is 0 Å². The van der Waals surface area contributed by atoms with Gasteiger partial charge in [-0.25, -0.2) is 0 Å². The van der Waals surface area contributed by atoms with Crippen molar-refractivity contribution in [3.63, 3.8) is 0 Å². The van der Waals surface area contributed by atoms with Crippen LogP contribution in [0.4, 0.5) is 5.00 Å². The van der Waals surface area contributed by atoms with Gasteiger partial charge in [0, 0.05) is 21.0 Å². The van der Waals surface area contributed by atoms with Crippen LogP contribution in [0.1, 0.15) is 15.9 Å². The number of anilines is 1. The summed E-state index contributed by atoms with van der Waals surface area (Å²) in [6, 6.07) is 5.74. The molecule has 0 aliphatic heterocycles. The van der Waals surface area contributed by atoms with E-state index in [2.05, 4.69) is 15.9 Å². The number of carbonyl (C=O) groups excluding carboxylic acids is 1. The topological polar surface area (TPSA) is 43.1 Å². The molecule has 2 aromatic rings. The van der Waals surface area contributed by atoms with E-state index in [1.54, 1.807) is 0 Å². The third-order valence-electron chi connectivity index (χ3n) is 2.56. The molecule has 2 nitrogen and oxygen atoms in total. The Bertz CT molecular complexity index is 588. The zero-order valence-electron chi connectivity index (χ0n) is 7.58. The molecule has 1 aliphatic carbocycles. The van der Waals surface area contributed by atoms with Crippen molar-refractivity contribution in [1.29, 1.82) is 0 Å². The highest BCUT2D eigenvalue weighted by Gasteiger charge is 2.29. The van der Waals surface area contributed by atoms with Crippen LogP contribution >= 0.6 is 27.3 Å². The minimum atomic E-state index is 0.0417. The fraction of sp³-hybridized carbons (Fsp3) is 0. The second-order valence-corrected chi connectivity index (χ2v) is 5.23. The van der Waals surface area contributed by atoms with Gasteiger partial charge in [-0.05, 0) is 17.7 Å². The first-order valence-electron chi connectivity index (χ1n) is 4.40. The van der Waals surface area contributed by atoms with Crippen LogP contribution in [0.5, 0.6) is 0 Å². The standard InChI is InChI=1S/C11H6BrNOS/c12-5-1-2-6-7(3-5)10(14)9-8(6)4-15-11(9)13/h1-4H,13H2. The summed E-state index contributed by atoms with van der Waals surface area (Å²) in [4.78, 5) is 12.0. The van der Waals surface area contributed by atoms with E-state index in [1.807, 2.05) is 23.6 Å². The molecule has 0 bridgehead atoms. The maximum absolute atomic E-state index is 12.0. The highest BCUT2D eigenvalue weighted by atomic mass is 79.9. The van der Waals surface area contributed by atoms with Crippen molar-refractivity contribution in [1.82, 2.24) is 0 Å². The Morgan fingerprint density at radius 1 is 1.20 bits per heavy atom. The molecule has 3 rings (SSSR count). The molecule has 4 heteroatoms. The fourth-order valence-corrected chi connectivity index (χ4v) is 3.05. The fourth-order valence-electron chi connectivity index (χ4n) is 1.88. The Kier molecular flexibility index (Phi) is 1.78. The first-order valence-corrected chi connectivity index (χ1v) is 6.07. The number of hydrogen-bond acceptors (Lipinski definition) is 3. The van der Waals surface area contributed by atoms with Gasteiger partial charge in [-0.1, -0.05) is 22.0 Å². The zero-order valence-corrected chi connectivity index (χ0v) is 9.98. The Morgan fingerprint density at radius 3 is 2.80 bits per heavy atom. The van der Waals surface area contributed by atoms with Crippen LogP contribution in [-0.2, 0) is 0 Å². The Morgan fingerprint density at radius 2 is 2.00 bits per heavy atom. The highest BCUT2D eigenvalue weighted by Crippen LogP contribution is 2.43. The maximum Gasteiger partial charge on any atom is 0.197 e. The summed E-state index contributed by atoms with van der Waals surface area (Å²) in [5.74, 6) is 0.0417. The van der Waals surface area contributed by atoms with E-state index in [-0.39, 0.29) is 5.78 Å². The number of halogens is 1. The lowest BCUT2D eigenvalue weighted by Crippen LogP contribution is -1.97. The number of ketones is 1. The van der Waals surface area contributed by atoms with E-state index in [1.165, 1.54) is 11.3 Å². The largest absolute Gasteiger partial charge is 0.390 e. The van der Waals surface area contributed by atoms with E-state index in [0.29, 0.717) is 10.6 Å². The predicted octanol–water partition coefficient (Wildman–Crippen LogP) is 3.30. The number of carbonyl (C=O) groups is 1. The van der Waals surface area contributed by atoms with Gasteiger partial charge in [0.1, 0.15) is 0 Å². The molecule has 0 spiro atoms. The molecule has 1 heterocycles. The molecule has 0 atom stereocenters. The lowest BCUT2D eigenvalue weighted by atomic mass is 10.1. The van der Waals surface area contributed by atoms with E-state index in [4.69, 9.17) is 5.73 Å². The molecular formula is C11H6BrNOS. The average Bonchev–Trinajstić information content (AvgIpc) is 2.70. The summed E-state index contributed by atoms with van der Waals surface area (Å²) in [5, 5.41) is 2.56. The molecule has 0 unspecified atom stereocenters. The van der Waals surface area contributed by atoms with E-state index in [9.17, 15) is 4.79 Å². The van der Waals surface area contributed by atoms with Crippen molar-refractivity contribution in [3.05, 3.63) is 39.2 Å². The van der Waals surface area contributed by atoms with Gasteiger partial charge >= 0.3 is 0 Å². The van der Waals surface area contributed by atoms with E-state index in [0.717, 1.165) is 21.2 Å². The first kappa shape index (κ1) is 9.12. The van der Waals surface area contributed by atoms with Gasteiger partial charge in [0.05, 0.1) is 10.6 Å². The quantitative estimate of drug-likeness (QED) is 0.686. The van der Waals surface area contributed by atoms with E-state index < -0.39 is 0 Å². The Labute approximate surface area is 98.9 Å². The van der Waals surface area contributed by atoms with E-state index >= 15 is 0 Å². The molecule has 15 heavy (non-hydrogen) atoms. The molecule has 0 saturated carbocycles. The average molecular weight is 280 g/mol. The second-order valence-electron chi connectivity index (χ2n) is 3.41. The summed E-state index contributed by atoms with van der Waals surface area (Å²) in [6.07, 6.45) is 0. The van der Waals surface area contributed by atoms with Crippen LogP contribution in [-0.4, -0.2) is 5.78 Å². The maximum atomic E-state index is 12.0. The summed E-state index contributed by atoms with van der Waals surface area (Å²) < 4.78 is 0.919. The van der Waals surface area contributed by atoms with Crippen LogP contribution in [0, 0.1) is 0 Å². The SMILES string of the molecule is Nc1scc2c1C(=O)c1cc(Br)ccc1-2. The highest BCUT2D eigenvalue weighted by molar-refractivity contribution is 9.10. The number of benzene rings is 1. The van der Waals surface area contributed by atoms with Crippen molar-refractivity contribution in [2.45, 2.75) is 0 Å². The summed E-state index contributed by atoms with van der Waals surface area (Å²) in [5.41, 5.74) is 9.17. The minimum Gasteiger partial charge on any atom is -0.390 e. The van der Waals surface area contributed by atoms with Gasteiger partial charge < -0.3 is 5.73 Å². The van der Waals surface area contributed by atoms with Gasteiger partial charge in [0.15, 0.2) is 5.78 Å². The zero-order chi connectivity index (χ0) is 10.6. The van der Waals surface area contributed by atoms with Crippen molar-refractivity contribution in [2.75, 3.05) is 5.73 Å². The van der Waals surface area contributed by atoms with Crippen molar-refractivity contribution < 1.29 is 4.79 Å². The molecular weight excluding hydrogens is 274 g/mol. The van der Waals surface area contributed by atoms with Gasteiger partial charge in [0.2, 0.25) is 0 Å². The van der Waals surface area contributed by atoms with Gasteiger partial charge in [-0.3, -0.25) is 4.79 Å². The number of hydrogen-bond donors (Lipinski definition) is 1. The van der Waals surface area contributed by atoms with Crippen molar-refractivity contribution >= 4 is 38.1 Å². The van der Waals surface area contributed by atoms with Crippen LogP contribution in [0.15, 0.2) is 28.1 Å². The third kappa shape index (κ3) is 1.12.